The summed E-state index contributed by atoms with van der Waals surface area (Å²) in [6, 6.07) is 5.79. The zero-order valence-corrected chi connectivity index (χ0v) is 15.3. The largest absolute Gasteiger partial charge is 0.481 e. The second-order valence-corrected chi connectivity index (χ2v) is 6.11. The van der Waals surface area contributed by atoms with E-state index < -0.39 is 17.9 Å². The number of nitrogens with zero attached hydrogens (tertiary/aromatic N) is 2. The third kappa shape index (κ3) is 5.66. The molecule has 2 amide bonds. The van der Waals surface area contributed by atoms with Crippen LogP contribution in [0.3, 0.4) is 0 Å². The highest BCUT2D eigenvalue weighted by Gasteiger charge is 2.21. The Hall–Kier alpha value is -3.69. The average molecular weight is 386 g/mol. The van der Waals surface area contributed by atoms with Crippen LogP contribution in [-0.2, 0) is 14.4 Å². The highest BCUT2D eigenvalue weighted by atomic mass is 16.4. The van der Waals surface area contributed by atoms with E-state index in [9.17, 15) is 14.4 Å². The van der Waals surface area contributed by atoms with E-state index in [1.807, 2.05) is 0 Å². The molecule has 0 aliphatic carbocycles. The summed E-state index contributed by atoms with van der Waals surface area (Å²) >= 11 is 0. The normalized spacial score (nSPS) is 11.5. The quantitative estimate of drug-likeness (QED) is 0.315. The lowest BCUT2D eigenvalue weighted by Gasteiger charge is -2.18. The molecule has 0 fully saturated rings. The molecule has 1 aromatic heterocycles. The van der Waals surface area contributed by atoms with Gasteiger partial charge in [-0.25, -0.2) is 4.98 Å². The predicted molar refractivity (Wildman–Crippen MR) is 102 cm³/mol. The number of imidazole rings is 1. The summed E-state index contributed by atoms with van der Waals surface area (Å²) in [4.78, 5) is 43.6. The third-order valence-corrected chi connectivity index (χ3v) is 4.07. The van der Waals surface area contributed by atoms with Gasteiger partial charge in [-0.1, -0.05) is 0 Å². The summed E-state index contributed by atoms with van der Waals surface area (Å²) in [5.74, 6) is -1.53. The molecular formula is C18H22N6O4. The Bertz CT molecular complexity index is 847. The molecular weight excluding hydrogens is 364 g/mol. The van der Waals surface area contributed by atoms with Gasteiger partial charge >= 0.3 is 5.97 Å². The predicted octanol–water partition coefficient (Wildman–Crippen LogP) is 0.769. The molecule has 0 aliphatic rings. The highest BCUT2D eigenvalue weighted by Crippen LogP contribution is 2.16. The van der Waals surface area contributed by atoms with Crippen LogP contribution in [0.25, 0.3) is 0 Å². The number of nitrogens with two attached hydrogens (primary N) is 1. The van der Waals surface area contributed by atoms with E-state index in [4.69, 9.17) is 16.2 Å². The first kappa shape index (κ1) is 20.6. The fourth-order valence-corrected chi connectivity index (χ4v) is 2.52. The molecule has 1 atom stereocenters. The number of H-pyrrole nitrogens is 1. The van der Waals surface area contributed by atoms with Crippen LogP contribution < -0.4 is 16.0 Å². The molecule has 6 N–H and O–H groups in total. The molecule has 0 radical (unpaired) electrons. The standard InChI is InChI=1S/C18H22N6O4/c1-24(12-4-2-11(3-5-12)17(19)20)15(26)7-6-14(25)23-13(10-16(27)28)18-21-8-9-22-18/h2-5,8-9,13H,6-7,10H2,1H3,(H3,19,20)(H,21,22)(H,23,25)(H,27,28). The maximum absolute atomic E-state index is 12.3. The highest BCUT2D eigenvalue weighted by molar-refractivity contribution is 5.97. The number of carbonyl (C=O) groups is 3. The van der Waals surface area contributed by atoms with Crippen LogP contribution in [0.15, 0.2) is 36.7 Å². The number of carbonyl (C=O) groups excluding carboxylic acids is 2. The van der Waals surface area contributed by atoms with E-state index >= 15 is 0 Å². The zero-order valence-electron chi connectivity index (χ0n) is 15.3. The fourth-order valence-electron chi connectivity index (χ4n) is 2.52. The zero-order chi connectivity index (χ0) is 20.7. The first-order chi connectivity index (χ1) is 13.3. The summed E-state index contributed by atoms with van der Waals surface area (Å²) in [6.07, 6.45) is 2.54. The topological polar surface area (TPSA) is 165 Å². The minimum Gasteiger partial charge on any atom is -0.481 e. The molecule has 148 valence electrons. The number of amidine groups is 1. The number of carboxylic acids is 1. The van der Waals surface area contributed by atoms with Gasteiger partial charge in [0.2, 0.25) is 11.8 Å². The van der Waals surface area contributed by atoms with Gasteiger partial charge in [0.1, 0.15) is 11.7 Å². The minimum atomic E-state index is -1.08. The van der Waals surface area contributed by atoms with E-state index in [1.165, 1.54) is 17.3 Å². The van der Waals surface area contributed by atoms with Crippen molar-refractivity contribution in [3.05, 3.63) is 48.0 Å². The van der Waals surface area contributed by atoms with Gasteiger partial charge in [0.15, 0.2) is 0 Å². The number of anilines is 1. The SMILES string of the molecule is CN(C(=O)CCC(=O)NC(CC(=O)O)c1ncc[nH]1)c1ccc(C(=N)N)cc1. The molecule has 2 aromatic rings. The molecule has 0 saturated carbocycles. The van der Waals surface area contributed by atoms with E-state index in [-0.39, 0.29) is 31.0 Å². The number of hydrogen-bond acceptors (Lipinski definition) is 5. The smallest absolute Gasteiger partial charge is 0.305 e. The van der Waals surface area contributed by atoms with E-state index in [0.717, 1.165) is 0 Å². The van der Waals surface area contributed by atoms with Gasteiger partial charge in [-0.15, -0.1) is 0 Å². The average Bonchev–Trinajstić information content (AvgIpc) is 3.19. The van der Waals surface area contributed by atoms with Gasteiger partial charge < -0.3 is 26.0 Å². The number of hydrogen-bond donors (Lipinski definition) is 5. The number of aliphatic carboxylic acids is 1. The van der Waals surface area contributed by atoms with E-state index in [1.54, 1.807) is 31.3 Å². The molecule has 28 heavy (non-hydrogen) atoms. The second-order valence-electron chi connectivity index (χ2n) is 6.11. The van der Waals surface area contributed by atoms with E-state index in [2.05, 4.69) is 15.3 Å². The molecule has 0 aliphatic heterocycles. The van der Waals surface area contributed by atoms with Crippen molar-refractivity contribution in [3.8, 4) is 0 Å². The van der Waals surface area contributed by atoms with Crippen LogP contribution in [0.4, 0.5) is 5.69 Å². The lowest BCUT2D eigenvalue weighted by atomic mass is 10.1. The van der Waals surface area contributed by atoms with Crippen molar-refractivity contribution in [3.63, 3.8) is 0 Å². The Morgan fingerprint density at radius 3 is 2.50 bits per heavy atom. The number of nitrogens with one attached hydrogen (secondary N) is 3. The van der Waals surface area contributed by atoms with Crippen molar-refractivity contribution in [1.29, 1.82) is 5.41 Å². The summed E-state index contributed by atoms with van der Waals surface area (Å²) < 4.78 is 0. The third-order valence-electron chi connectivity index (χ3n) is 4.07. The van der Waals surface area contributed by atoms with Crippen molar-refractivity contribution in [1.82, 2.24) is 15.3 Å². The van der Waals surface area contributed by atoms with Crippen LogP contribution in [-0.4, -0.2) is 45.7 Å². The number of aromatic amines is 1. The molecule has 10 heteroatoms. The molecule has 1 heterocycles. The Kier molecular flexibility index (Phi) is 6.85. The fraction of sp³-hybridized carbons (Fsp3) is 0.278. The number of rotatable bonds is 9. The first-order valence-electron chi connectivity index (χ1n) is 8.49. The molecule has 0 spiro atoms. The second kappa shape index (κ2) is 9.31. The maximum atomic E-state index is 12.3. The number of carboxylic acid groups (broad SMARTS) is 1. The maximum Gasteiger partial charge on any atom is 0.305 e. The molecule has 0 bridgehead atoms. The molecule has 2 rings (SSSR count). The Morgan fingerprint density at radius 1 is 1.29 bits per heavy atom. The van der Waals surface area contributed by atoms with Gasteiger partial charge in [0.05, 0.1) is 12.5 Å². The number of benzene rings is 1. The van der Waals surface area contributed by atoms with Gasteiger partial charge in [-0.3, -0.25) is 19.8 Å². The van der Waals surface area contributed by atoms with Gasteiger partial charge in [0, 0.05) is 43.5 Å². The minimum absolute atomic E-state index is 0.0469. The summed E-state index contributed by atoms with van der Waals surface area (Å²) in [5, 5.41) is 18.9. The molecule has 10 nitrogen and oxygen atoms in total. The number of nitrogen functional groups attached to an aromatic ring is 1. The van der Waals surface area contributed by atoms with Gasteiger partial charge in [-0.05, 0) is 24.3 Å². The van der Waals surface area contributed by atoms with Crippen LogP contribution in [0.2, 0.25) is 0 Å². The molecule has 0 saturated heterocycles. The van der Waals surface area contributed by atoms with Gasteiger partial charge in [-0.2, -0.15) is 0 Å². The van der Waals surface area contributed by atoms with Crippen LogP contribution in [0.1, 0.15) is 36.7 Å². The van der Waals surface area contributed by atoms with Crippen molar-refractivity contribution in [2.24, 2.45) is 5.73 Å². The summed E-state index contributed by atoms with van der Waals surface area (Å²) in [7, 11) is 1.58. The lowest BCUT2D eigenvalue weighted by Crippen LogP contribution is -2.33. The summed E-state index contributed by atoms with van der Waals surface area (Å²) in [6.45, 7) is 0. The van der Waals surface area contributed by atoms with Crippen molar-refractivity contribution < 1.29 is 19.5 Å². The van der Waals surface area contributed by atoms with Crippen molar-refractivity contribution in [2.45, 2.75) is 25.3 Å². The van der Waals surface area contributed by atoms with E-state index in [0.29, 0.717) is 17.1 Å². The van der Waals surface area contributed by atoms with Crippen molar-refractivity contribution in [2.75, 3.05) is 11.9 Å². The first-order valence-corrected chi connectivity index (χ1v) is 8.49. The Labute approximate surface area is 161 Å². The summed E-state index contributed by atoms with van der Waals surface area (Å²) in [5.41, 5.74) is 6.55. The Morgan fingerprint density at radius 2 is 1.96 bits per heavy atom. The Balaban J connectivity index is 1.90. The van der Waals surface area contributed by atoms with Crippen LogP contribution in [0.5, 0.6) is 0 Å². The number of aromatic nitrogens is 2. The molecule has 1 unspecified atom stereocenters. The van der Waals surface area contributed by atoms with Gasteiger partial charge in [0.25, 0.3) is 0 Å². The number of amides is 2. The van der Waals surface area contributed by atoms with Crippen LogP contribution in [0, 0.1) is 5.41 Å². The van der Waals surface area contributed by atoms with Crippen LogP contribution >= 0.6 is 0 Å². The molecule has 1 aromatic carbocycles. The monoisotopic (exact) mass is 386 g/mol. The van der Waals surface area contributed by atoms with Crippen molar-refractivity contribution >= 4 is 29.3 Å². The lowest BCUT2D eigenvalue weighted by molar-refractivity contribution is -0.138.